The van der Waals surface area contributed by atoms with E-state index in [1.165, 1.54) is 12.5 Å². The molecule has 0 radical (unpaired) electrons. The number of nitrogens with one attached hydrogen (secondary N) is 1. The van der Waals surface area contributed by atoms with Gasteiger partial charge in [-0.05, 0) is 42.2 Å². The maximum Gasteiger partial charge on any atom is 0.302 e. The number of aromatic nitrogens is 2. The predicted molar refractivity (Wildman–Crippen MR) is 128 cm³/mol. The van der Waals surface area contributed by atoms with Crippen molar-refractivity contribution >= 4 is 35.0 Å². The van der Waals surface area contributed by atoms with Gasteiger partial charge in [-0.15, -0.1) is 0 Å². The number of hydrogen-bond acceptors (Lipinski definition) is 5. The molecule has 0 fully saturated rings. The van der Waals surface area contributed by atoms with E-state index in [4.69, 9.17) is 37.9 Å². The lowest BCUT2D eigenvalue weighted by atomic mass is 10.1. The molecule has 0 saturated heterocycles. The fourth-order valence-electron chi connectivity index (χ4n) is 4.21. The number of carbonyl (C=O) groups is 1. The number of benzene rings is 2. The van der Waals surface area contributed by atoms with Crippen LogP contribution in [0.4, 0.5) is 5.82 Å². The van der Waals surface area contributed by atoms with E-state index in [1.54, 1.807) is 12.1 Å². The third kappa shape index (κ3) is 4.45. The lowest BCUT2D eigenvalue weighted by molar-refractivity contribution is -0.146. The standard InChI is InChI=1S/C25H25Cl2N3O2/c1-4-20-23(18-11-10-16(26)13-19(18)27)28-21(5-2)25(29-20)30-24-17-9-7-6-8-15(17)12-22(24)32-14(3)31/h6-11,13,22,24H,4-5,12H2,1-3H3,(H,29,30). The number of halogens is 2. The molecule has 1 aliphatic carbocycles. The molecular formula is C25H25Cl2N3O2. The number of carbonyl (C=O) groups excluding carboxylic acids is 1. The van der Waals surface area contributed by atoms with Crippen molar-refractivity contribution < 1.29 is 9.53 Å². The summed E-state index contributed by atoms with van der Waals surface area (Å²) < 4.78 is 5.65. The molecule has 5 nitrogen and oxygen atoms in total. The topological polar surface area (TPSA) is 64.1 Å². The zero-order chi connectivity index (χ0) is 22.8. The van der Waals surface area contributed by atoms with Crippen LogP contribution in [0.1, 0.15) is 49.3 Å². The molecule has 1 heterocycles. The number of anilines is 1. The number of fused-ring (bicyclic) bond motifs is 1. The highest BCUT2D eigenvalue weighted by molar-refractivity contribution is 6.36. The van der Waals surface area contributed by atoms with Gasteiger partial charge in [0.25, 0.3) is 0 Å². The van der Waals surface area contributed by atoms with Crippen molar-refractivity contribution in [3.63, 3.8) is 0 Å². The molecule has 2 aromatic carbocycles. The van der Waals surface area contributed by atoms with E-state index < -0.39 is 0 Å². The van der Waals surface area contributed by atoms with Gasteiger partial charge in [0.05, 0.1) is 28.1 Å². The van der Waals surface area contributed by atoms with Crippen molar-refractivity contribution in [1.29, 1.82) is 0 Å². The van der Waals surface area contributed by atoms with Gasteiger partial charge in [-0.3, -0.25) is 4.79 Å². The average Bonchev–Trinajstić information content (AvgIpc) is 3.10. The first-order valence-electron chi connectivity index (χ1n) is 10.8. The number of hydrogen-bond donors (Lipinski definition) is 1. The van der Waals surface area contributed by atoms with E-state index in [9.17, 15) is 4.79 Å². The molecule has 2 atom stereocenters. The largest absolute Gasteiger partial charge is 0.460 e. The summed E-state index contributed by atoms with van der Waals surface area (Å²) in [7, 11) is 0. The van der Waals surface area contributed by atoms with E-state index in [-0.39, 0.29) is 18.1 Å². The quantitative estimate of drug-likeness (QED) is 0.434. The summed E-state index contributed by atoms with van der Waals surface area (Å²) >= 11 is 12.6. The van der Waals surface area contributed by atoms with Crippen LogP contribution in [0.15, 0.2) is 42.5 Å². The number of aryl methyl sites for hydroxylation is 2. The number of nitrogens with zero attached hydrogens (tertiary/aromatic N) is 2. The average molecular weight is 470 g/mol. The molecule has 0 amide bonds. The van der Waals surface area contributed by atoms with Gasteiger partial charge in [0.15, 0.2) is 0 Å². The molecule has 3 aromatic rings. The van der Waals surface area contributed by atoms with Crippen LogP contribution in [-0.4, -0.2) is 22.0 Å². The first-order valence-corrected chi connectivity index (χ1v) is 11.5. The highest BCUT2D eigenvalue weighted by atomic mass is 35.5. The number of ether oxygens (including phenoxy) is 1. The SMILES string of the molecule is CCc1nc(-c2ccc(Cl)cc2Cl)c(CC)nc1NC1c2ccccc2CC1OC(C)=O. The molecule has 0 aliphatic heterocycles. The van der Waals surface area contributed by atoms with Crippen LogP contribution in [0.2, 0.25) is 10.0 Å². The molecule has 7 heteroatoms. The fourth-order valence-corrected chi connectivity index (χ4v) is 4.71. The van der Waals surface area contributed by atoms with Crippen molar-refractivity contribution in [3.8, 4) is 11.3 Å². The predicted octanol–water partition coefficient (Wildman–Crippen LogP) is 6.22. The van der Waals surface area contributed by atoms with Crippen LogP contribution in [0.3, 0.4) is 0 Å². The Morgan fingerprint density at radius 1 is 1.09 bits per heavy atom. The third-order valence-electron chi connectivity index (χ3n) is 5.69. The Bertz CT molecular complexity index is 1170. The lowest BCUT2D eigenvalue weighted by Crippen LogP contribution is -2.27. The molecule has 0 spiro atoms. The zero-order valence-corrected chi connectivity index (χ0v) is 19.8. The Kier molecular flexibility index (Phi) is 6.68. The van der Waals surface area contributed by atoms with Crippen molar-refractivity contribution in [2.75, 3.05) is 5.32 Å². The summed E-state index contributed by atoms with van der Waals surface area (Å²) in [5.41, 5.74) is 5.53. The molecule has 2 unspecified atom stereocenters. The van der Waals surface area contributed by atoms with Gasteiger partial charge in [0.2, 0.25) is 0 Å². The summed E-state index contributed by atoms with van der Waals surface area (Å²) in [6.45, 7) is 5.52. The molecule has 1 aromatic heterocycles. The van der Waals surface area contributed by atoms with Crippen molar-refractivity contribution in [1.82, 2.24) is 9.97 Å². The van der Waals surface area contributed by atoms with E-state index in [0.29, 0.717) is 35.1 Å². The van der Waals surface area contributed by atoms with E-state index in [2.05, 4.69) is 17.4 Å². The summed E-state index contributed by atoms with van der Waals surface area (Å²) in [4.78, 5) is 21.6. The molecular weight excluding hydrogens is 445 g/mol. The molecule has 1 aliphatic rings. The first-order chi connectivity index (χ1) is 15.4. The lowest BCUT2D eigenvalue weighted by Gasteiger charge is -2.24. The second-order valence-corrected chi connectivity index (χ2v) is 8.66. The van der Waals surface area contributed by atoms with E-state index in [0.717, 1.165) is 28.2 Å². The van der Waals surface area contributed by atoms with Crippen molar-refractivity contribution in [3.05, 3.63) is 75.0 Å². The van der Waals surface area contributed by atoms with Crippen LogP contribution in [0.5, 0.6) is 0 Å². The first kappa shape index (κ1) is 22.6. The molecule has 1 N–H and O–H groups in total. The van der Waals surface area contributed by atoms with Crippen molar-refractivity contribution in [2.24, 2.45) is 0 Å². The summed E-state index contributed by atoms with van der Waals surface area (Å²) in [5, 5.41) is 4.67. The van der Waals surface area contributed by atoms with Crippen LogP contribution < -0.4 is 5.32 Å². The maximum absolute atomic E-state index is 11.7. The molecule has 0 bridgehead atoms. The minimum Gasteiger partial charge on any atom is -0.460 e. The van der Waals surface area contributed by atoms with Gasteiger partial charge < -0.3 is 10.1 Å². The maximum atomic E-state index is 11.7. The van der Waals surface area contributed by atoms with Crippen LogP contribution in [-0.2, 0) is 28.8 Å². The highest BCUT2D eigenvalue weighted by Crippen LogP contribution is 2.37. The minimum absolute atomic E-state index is 0.190. The Balaban J connectivity index is 1.75. The number of esters is 1. The van der Waals surface area contributed by atoms with Gasteiger partial charge in [-0.1, -0.05) is 61.3 Å². The number of rotatable bonds is 6. The van der Waals surface area contributed by atoms with Crippen LogP contribution in [0.25, 0.3) is 11.3 Å². The Morgan fingerprint density at radius 2 is 1.84 bits per heavy atom. The summed E-state index contributed by atoms with van der Waals surface area (Å²) in [6.07, 6.45) is 1.74. The second kappa shape index (κ2) is 9.47. The summed E-state index contributed by atoms with van der Waals surface area (Å²) in [6, 6.07) is 13.4. The molecule has 32 heavy (non-hydrogen) atoms. The fraction of sp³-hybridized carbons (Fsp3) is 0.320. The van der Waals surface area contributed by atoms with E-state index in [1.807, 2.05) is 32.0 Å². The van der Waals surface area contributed by atoms with Gasteiger partial charge in [0, 0.05) is 23.9 Å². The molecule has 166 valence electrons. The highest BCUT2D eigenvalue weighted by Gasteiger charge is 2.35. The normalized spacial score (nSPS) is 17.2. The van der Waals surface area contributed by atoms with Gasteiger partial charge >= 0.3 is 5.97 Å². The second-order valence-electron chi connectivity index (χ2n) is 7.82. The van der Waals surface area contributed by atoms with Crippen molar-refractivity contribution in [2.45, 2.75) is 52.2 Å². The van der Waals surface area contributed by atoms with Gasteiger partial charge in [-0.25, -0.2) is 9.97 Å². The van der Waals surface area contributed by atoms with Gasteiger partial charge in [0.1, 0.15) is 11.9 Å². The van der Waals surface area contributed by atoms with Gasteiger partial charge in [-0.2, -0.15) is 0 Å². The minimum atomic E-state index is -0.299. The Labute approximate surface area is 198 Å². The zero-order valence-electron chi connectivity index (χ0n) is 18.3. The Hall–Kier alpha value is -2.63. The summed E-state index contributed by atoms with van der Waals surface area (Å²) in [5.74, 6) is 0.412. The molecule has 0 saturated carbocycles. The Morgan fingerprint density at radius 3 is 2.53 bits per heavy atom. The smallest absolute Gasteiger partial charge is 0.302 e. The van der Waals surface area contributed by atoms with E-state index >= 15 is 0 Å². The van der Waals surface area contributed by atoms with Crippen LogP contribution >= 0.6 is 23.2 Å². The third-order valence-corrected chi connectivity index (χ3v) is 6.24. The monoisotopic (exact) mass is 469 g/mol. The van der Waals surface area contributed by atoms with Crippen LogP contribution in [0, 0.1) is 0 Å². The molecule has 4 rings (SSSR count).